The van der Waals surface area contributed by atoms with Gasteiger partial charge in [0.2, 0.25) is 0 Å². The van der Waals surface area contributed by atoms with E-state index in [1.165, 1.54) is 44.2 Å². The van der Waals surface area contributed by atoms with Crippen LogP contribution in [-0.2, 0) is 6.54 Å². The van der Waals surface area contributed by atoms with Crippen molar-refractivity contribution in [3.8, 4) is 5.75 Å². The van der Waals surface area contributed by atoms with Crippen molar-refractivity contribution in [3.05, 3.63) is 29.8 Å². The molecule has 1 saturated carbocycles. The smallest absolute Gasteiger partial charge is 0.193 e. The van der Waals surface area contributed by atoms with Crippen molar-refractivity contribution in [2.45, 2.75) is 38.6 Å². The minimum Gasteiger partial charge on any atom is -0.497 e. The average Bonchev–Trinajstić information content (AvgIpc) is 3.19. The second-order valence-corrected chi connectivity index (χ2v) is 6.63. The van der Waals surface area contributed by atoms with E-state index in [0.29, 0.717) is 5.41 Å². The molecule has 1 aliphatic heterocycles. The van der Waals surface area contributed by atoms with Crippen LogP contribution in [0, 0.1) is 5.41 Å². The maximum atomic E-state index is 5.20. The average molecular weight is 301 g/mol. The van der Waals surface area contributed by atoms with Crippen LogP contribution in [0.25, 0.3) is 0 Å². The highest BCUT2D eigenvalue weighted by molar-refractivity contribution is 5.80. The molecule has 4 heteroatoms. The van der Waals surface area contributed by atoms with Gasteiger partial charge in [0.25, 0.3) is 0 Å². The molecule has 120 valence electrons. The van der Waals surface area contributed by atoms with Crippen molar-refractivity contribution in [2.75, 3.05) is 27.2 Å². The lowest BCUT2D eigenvalue weighted by Crippen LogP contribution is -2.40. The number of nitrogens with zero attached hydrogens (tertiary/aromatic N) is 2. The molecule has 1 spiro atoms. The normalized spacial score (nSPS) is 20.6. The third kappa shape index (κ3) is 3.21. The van der Waals surface area contributed by atoms with Crippen LogP contribution in [0.4, 0.5) is 0 Å². The fourth-order valence-electron chi connectivity index (χ4n) is 3.91. The van der Waals surface area contributed by atoms with Crippen LogP contribution < -0.4 is 10.1 Å². The van der Waals surface area contributed by atoms with E-state index in [0.717, 1.165) is 24.8 Å². The summed E-state index contributed by atoms with van der Waals surface area (Å²) in [5, 5.41) is 3.51. The van der Waals surface area contributed by atoms with E-state index < -0.39 is 0 Å². The van der Waals surface area contributed by atoms with Crippen molar-refractivity contribution < 1.29 is 4.74 Å². The standard InChI is InChI=1S/C18H27N3O/c1-19-17(20-13-15-5-7-16(22-2)8-6-15)21-12-11-18(14-21)9-3-4-10-18/h5-8H,3-4,9-14H2,1-2H3,(H,19,20). The van der Waals surface area contributed by atoms with Crippen LogP contribution in [0.5, 0.6) is 5.75 Å². The van der Waals surface area contributed by atoms with Crippen LogP contribution >= 0.6 is 0 Å². The summed E-state index contributed by atoms with van der Waals surface area (Å²) in [6, 6.07) is 8.20. The Balaban J connectivity index is 1.56. The van der Waals surface area contributed by atoms with Gasteiger partial charge in [0, 0.05) is 26.7 Å². The largest absolute Gasteiger partial charge is 0.497 e. The van der Waals surface area contributed by atoms with Crippen molar-refractivity contribution in [1.29, 1.82) is 0 Å². The molecule has 0 aromatic heterocycles. The number of ether oxygens (including phenoxy) is 1. The van der Waals surface area contributed by atoms with Gasteiger partial charge in [-0.05, 0) is 42.4 Å². The highest BCUT2D eigenvalue weighted by Crippen LogP contribution is 2.45. The van der Waals surface area contributed by atoms with Gasteiger partial charge in [-0.2, -0.15) is 0 Å². The number of rotatable bonds is 3. The van der Waals surface area contributed by atoms with E-state index in [-0.39, 0.29) is 0 Å². The van der Waals surface area contributed by atoms with E-state index in [1.807, 2.05) is 19.2 Å². The molecule has 3 rings (SSSR count). The molecule has 1 aliphatic carbocycles. The van der Waals surface area contributed by atoms with Gasteiger partial charge in [-0.15, -0.1) is 0 Å². The molecule has 0 amide bonds. The lowest BCUT2D eigenvalue weighted by Gasteiger charge is -2.26. The van der Waals surface area contributed by atoms with Gasteiger partial charge in [0.05, 0.1) is 7.11 Å². The predicted molar refractivity (Wildman–Crippen MR) is 90.3 cm³/mol. The molecular weight excluding hydrogens is 274 g/mol. The molecule has 1 N–H and O–H groups in total. The Hall–Kier alpha value is -1.71. The predicted octanol–water partition coefficient (Wildman–Crippen LogP) is 3.04. The van der Waals surface area contributed by atoms with Gasteiger partial charge in [-0.25, -0.2) is 0 Å². The molecule has 0 unspecified atom stereocenters. The zero-order chi connectivity index (χ0) is 15.4. The first-order chi connectivity index (χ1) is 10.7. The number of likely N-dealkylation sites (tertiary alicyclic amines) is 1. The van der Waals surface area contributed by atoms with Crippen LogP contribution in [-0.4, -0.2) is 38.1 Å². The molecule has 0 atom stereocenters. The zero-order valence-corrected chi connectivity index (χ0v) is 13.8. The summed E-state index contributed by atoms with van der Waals surface area (Å²) in [7, 11) is 3.58. The number of hydrogen-bond donors (Lipinski definition) is 1. The third-order valence-electron chi connectivity index (χ3n) is 5.22. The summed E-state index contributed by atoms with van der Waals surface area (Å²) in [4.78, 5) is 6.92. The summed E-state index contributed by atoms with van der Waals surface area (Å²) in [6.07, 6.45) is 6.95. The molecule has 1 aromatic carbocycles. The van der Waals surface area contributed by atoms with Crippen LogP contribution in [0.1, 0.15) is 37.7 Å². The number of hydrogen-bond acceptors (Lipinski definition) is 2. The summed E-state index contributed by atoms with van der Waals surface area (Å²) < 4.78 is 5.20. The van der Waals surface area contributed by atoms with Gasteiger partial charge < -0.3 is 15.0 Å². The highest BCUT2D eigenvalue weighted by Gasteiger charge is 2.40. The fraction of sp³-hybridized carbons (Fsp3) is 0.611. The van der Waals surface area contributed by atoms with E-state index in [9.17, 15) is 0 Å². The quantitative estimate of drug-likeness (QED) is 0.689. The Morgan fingerprint density at radius 3 is 2.59 bits per heavy atom. The zero-order valence-electron chi connectivity index (χ0n) is 13.8. The first-order valence-electron chi connectivity index (χ1n) is 8.33. The number of nitrogens with one attached hydrogen (secondary N) is 1. The Bertz CT molecular complexity index is 518. The lowest BCUT2D eigenvalue weighted by atomic mass is 9.86. The van der Waals surface area contributed by atoms with Crippen LogP contribution in [0.3, 0.4) is 0 Å². The number of guanidine groups is 1. The van der Waals surface area contributed by atoms with Crippen LogP contribution in [0.2, 0.25) is 0 Å². The molecule has 1 saturated heterocycles. The van der Waals surface area contributed by atoms with Crippen molar-refractivity contribution >= 4 is 5.96 Å². The molecule has 2 aliphatic rings. The van der Waals surface area contributed by atoms with Gasteiger partial charge >= 0.3 is 0 Å². The second kappa shape index (κ2) is 6.59. The fourth-order valence-corrected chi connectivity index (χ4v) is 3.91. The number of methoxy groups -OCH3 is 1. The Morgan fingerprint density at radius 2 is 1.95 bits per heavy atom. The number of aliphatic imine (C=N–C) groups is 1. The Labute approximate surface area is 133 Å². The molecule has 4 nitrogen and oxygen atoms in total. The highest BCUT2D eigenvalue weighted by atomic mass is 16.5. The van der Waals surface area contributed by atoms with Gasteiger partial charge in [0.15, 0.2) is 5.96 Å². The van der Waals surface area contributed by atoms with Crippen molar-refractivity contribution in [1.82, 2.24) is 10.2 Å². The maximum absolute atomic E-state index is 5.20. The molecule has 0 bridgehead atoms. The molecule has 22 heavy (non-hydrogen) atoms. The van der Waals surface area contributed by atoms with Gasteiger partial charge in [0.1, 0.15) is 5.75 Å². The van der Waals surface area contributed by atoms with Gasteiger partial charge in [-0.1, -0.05) is 25.0 Å². The SMILES string of the molecule is CN=C(NCc1ccc(OC)cc1)N1CCC2(CCCC2)C1. The van der Waals surface area contributed by atoms with E-state index in [2.05, 4.69) is 27.3 Å². The van der Waals surface area contributed by atoms with Crippen molar-refractivity contribution in [3.63, 3.8) is 0 Å². The van der Waals surface area contributed by atoms with Gasteiger partial charge in [-0.3, -0.25) is 4.99 Å². The minimum absolute atomic E-state index is 0.581. The number of benzene rings is 1. The first-order valence-corrected chi connectivity index (χ1v) is 8.33. The first kappa shape index (κ1) is 15.2. The van der Waals surface area contributed by atoms with E-state index >= 15 is 0 Å². The van der Waals surface area contributed by atoms with E-state index in [4.69, 9.17) is 4.74 Å². The minimum atomic E-state index is 0.581. The van der Waals surface area contributed by atoms with E-state index in [1.54, 1.807) is 7.11 Å². The molecule has 0 radical (unpaired) electrons. The Morgan fingerprint density at radius 1 is 1.23 bits per heavy atom. The third-order valence-corrected chi connectivity index (χ3v) is 5.22. The summed E-state index contributed by atoms with van der Waals surface area (Å²) in [5.41, 5.74) is 1.83. The molecule has 1 heterocycles. The second-order valence-electron chi connectivity index (χ2n) is 6.63. The molecule has 2 fully saturated rings. The lowest BCUT2D eigenvalue weighted by molar-refractivity contribution is 0.309. The maximum Gasteiger partial charge on any atom is 0.193 e. The summed E-state index contributed by atoms with van der Waals surface area (Å²) in [5.74, 6) is 1.94. The summed E-state index contributed by atoms with van der Waals surface area (Å²) >= 11 is 0. The topological polar surface area (TPSA) is 36.9 Å². The molecule has 1 aromatic rings. The van der Waals surface area contributed by atoms with Crippen LogP contribution in [0.15, 0.2) is 29.3 Å². The van der Waals surface area contributed by atoms with Crippen molar-refractivity contribution in [2.24, 2.45) is 10.4 Å². The Kier molecular flexibility index (Phi) is 4.55. The monoisotopic (exact) mass is 301 g/mol. The molecular formula is C18H27N3O. The summed E-state index contributed by atoms with van der Waals surface area (Å²) in [6.45, 7) is 3.12.